The Bertz CT molecular complexity index is 888. The Morgan fingerprint density at radius 1 is 1.16 bits per heavy atom. The average molecular weight is 336 g/mol. The number of nitrogen functional groups attached to an aromatic ring is 1. The molecular formula is C20H24N4O. The molecule has 1 saturated carbocycles. The number of hydrogen-bond donors (Lipinski definition) is 2. The molecule has 0 aliphatic heterocycles. The number of nitrogens with two attached hydrogens (primary N) is 1. The van der Waals surface area contributed by atoms with Crippen molar-refractivity contribution in [1.29, 1.82) is 0 Å². The molecule has 0 radical (unpaired) electrons. The van der Waals surface area contributed by atoms with E-state index < -0.39 is 0 Å². The van der Waals surface area contributed by atoms with Crippen molar-refractivity contribution >= 4 is 16.9 Å². The van der Waals surface area contributed by atoms with Crippen LogP contribution in [0.5, 0.6) is 0 Å². The summed E-state index contributed by atoms with van der Waals surface area (Å²) in [6, 6.07) is 11.2. The fraction of sp³-hybridized carbons (Fsp3) is 0.400. The van der Waals surface area contributed by atoms with Crippen LogP contribution in [-0.4, -0.2) is 16.0 Å². The minimum absolute atomic E-state index is 0.447. The van der Waals surface area contributed by atoms with E-state index in [9.17, 15) is 0 Å². The monoisotopic (exact) mass is 336 g/mol. The van der Waals surface area contributed by atoms with Gasteiger partial charge in [-0.05, 0) is 38.2 Å². The van der Waals surface area contributed by atoms with E-state index >= 15 is 0 Å². The Morgan fingerprint density at radius 3 is 2.76 bits per heavy atom. The van der Waals surface area contributed by atoms with E-state index in [2.05, 4.69) is 45.6 Å². The molecule has 0 bridgehead atoms. The SMILES string of the molecule is Cc1oc2nc(CN[C@@H]3CCC[C@H]3c3ccccc3)nc(N)c2c1C. The summed E-state index contributed by atoms with van der Waals surface area (Å²) in [4.78, 5) is 9.03. The highest BCUT2D eigenvalue weighted by atomic mass is 16.3. The molecule has 1 aliphatic carbocycles. The van der Waals surface area contributed by atoms with Crippen LogP contribution in [-0.2, 0) is 6.54 Å². The molecule has 0 saturated heterocycles. The predicted molar refractivity (Wildman–Crippen MR) is 99.4 cm³/mol. The van der Waals surface area contributed by atoms with Crippen molar-refractivity contribution in [1.82, 2.24) is 15.3 Å². The topological polar surface area (TPSA) is 77.0 Å². The van der Waals surface area contributed by atoms with Crippen molar-refractivity contribution in [2.75, 3.05) is 5.73 Å². The van der Waals surface area contributed by atoms with Gasteiger partial charge in [-0.3, -0.25) is 0 Å². The minimum atomic E-state index is 0.447. The fourth-order valence-electron chi connectivity index (χ4n) is 3.93. The van der Waals surface area contributed by atoms with Gasteiger partial charge in [-0.1, -0.05) is 36.8 Å². The second-order valence-corrected chi connectivity index (χ2v) is 6.92. The highest BCUT2D eigenvalue weighted by Crippen LogP contribution is 2.34. The van der Waals surface area contributed by atoms with Crippen molar-refractivity contribution in [3.8, 4) is 0 Å². The number of hydrogen-bond acceptors (Lipinski definition) is 5. The first-order valence-corrected chi connectivity index (χ1v) is 8.94. The van der Waals surface area contributed by atoms with Gasteiger partial charge in [0, 0.05) is 11.6 Å². The fourth-order valence-corrected chi connectivity index (χ4v) is 3.93. The largest absolute Gasteiger partial charge is 0.443 e. The van der Waals surface area contributed by atoms with E-state index in [4.69, 9.17) is 10.2 Å². The second-order valence-electron chi connectivity index (χ2n) is 6.92. The number of aryl methyl sites for hydroxylation is 2. The molecule has 2 aromatic heterocycles. The Kier molecular flexibility index (Phi) is 4.17. The van der Waals surface area contributed by atoms with Crippen LogP contribution in [0, 0.1) is 13.8 Å². The summed E-state index contributed by atoms with van der Waals surface area (Å²) in [5.41, 5.74) is 9.15. The van der Waals surface area contributed by atoms with Gasteiger partial charge in [-0.2, -0.15) is 4.98 Å². The summed E-state index contributed by atoms with van der Waals surface area (Å²) in [6.07, 6.45) is 3.65. The van der Waals surface area contributed by atoms with Crippen molar-refractivity contribution < 1.29 is 4.42 Å². The van der Waals surface area contributed by atoms with Crippen molar-refractivity contribution in [3.05, 3.63) is 53.0 Å². The van der Waals surface area contributed by atoms with E-state index in [0.29, 0.717) is 35.9 Å². The van der Waals surface area contributed by atoms with E-state index in [1.807, 2.05) is 13.8 Å². The molecule has 1 fully saturated rings. The van der Waals surface area contributed by atoms with Crippen LogP contribution in [0.1, 0.15) is 47.9 Å². The molecule has 0 amide bonds. The Labute approximate surface area is 147 Å². The zero-order valence-electron chi connectivity index (χ0n) is 14.7. The summed E-state index contributed by atoms with van der Waals surface area (Å²) in [5.74, 6) is 2.59. The van der Waals surface area contributed by atoms with Crippen molar-refractivity contribution in [2.45, 2.75) is 51.6 Å². The van der Waals surface area contributed by atoms with Gasteiger partial charge in [-0.15, -0.1) is 0 Å². The van der Waals surface area contributed by atoms with Gasteiger partial charge in [0.25, 0.3) is 0 Å². The lowest BCUT2D eigenvalue weighted by atomic mass is 9.94. The third-order valence-electron chi connectivity index (χ3n) is 5.37. The van der Waals surface area contributed by atoms with E-state index in [-0.39, 0.29) is 0 Å². The van der Waals surface area contributed by atoms with Gasteiger partial charge in [0.05, 0.1) is 11.9 Å². The van der Waals surface area contributed by atoms with Crippen LogP contribution in [0.4, 0.5) is 5.82 Å². The molecule has 2 atom stereocenters. The zero-order chi connectivity index (χ0) is 17.4. The van der Waals surface area contributed by atoms with Crippen LogP contribution in [0.25, 0.3) is 11.1 Å². The molecule has 0 spiro atoms. The zero-order valence-corrected chi connectivity index (χ0v) is 14.7. The third kappa shape index (κ3) is 3.00. The lowest BCUT2D eigenvalue weighted by molar-refractivity contribution is 0.469. The van der Waals surface area contributed by atoms with Gasteiger partial charge >= 0.3 is 0 Å². The molecule has 4 rings (SSSR count). The lowest BCUT2D eigenvalue weighted by Crippen LogP contribution is -2.31. The number of aromatic nitrogens is 2. The molecular weight excluding hydrogens is 312 g/mol. The highest BCUT2D eigenvalue weighted by molar-refractivity contribution is 5.88. The molecule has 2 heterocycles. The van der Waals surface area contributed by atoms with Crippen LogP contribution < -0.4 is 11.1 Å². The number of fused-ring (bicyclic) bond motifs is 1. The molecule has 25 heavy (non-hydrogen) atoms. The Morgan fingerprint density at radius 2 is 1.96 bits per heavy atom. The summed E-state index contributed by atoms with van der Waals surface area (Å²) < 4.78 is 5.72. The molecule has 3 N–H and O–H groups in total. The number of anilines is 1. The second kappa shape index (κ2) is 6.48. The van der Waals surface area contributed by atoms with E-state index in [1.165, 1.54) is 24.8 Å². The van der Waals surface area contributed by atoms with Crippen LogP contribution in [0.15, 0.2) is 34.7 Å². The van der Waals surface area contributed by atoms with E-state index in [0.717, 1.165) is 16.7 Å². The summed E-state index contributed by atoms with van der Waals surface area (Å²) in [5, 5.41) is 4.47. The lowest BCUT2D eigenvalue weighted by Gasteiger charge is -2.21. The predicted octanol–water partition coefficient (Wildman–Crippen LogP) is 3.85. The molecule has 1 aromatic carbocycles. The first kappa shape index (κ1) is 16.1. The molecule has 130 valence electrons. The maximum atomic E-state index is 6.13. The minimum Gasteiger partial charge on any atom is -0.443 e. The van der Waals surface area contributed by atoms with Gasteiger partial charge in [0.1, 0.15) is 17.4 Å². The van der Waals surface area contributed by atoms with Gasteiger partial charge in [-0.25, -0.2) is 4.98 Å². The molecule has 3 aromatic rings. The maximum absolute atomic E-state index is 6.13. The number of benzene rings is 1. The first-order valence-electron chi connectivity index (χ1n) is 8.94. The summed E-state index contributed by atoms with van der Waals surface area (Å²) in [7, 11) is 0. The van der Waals surface area contributed by atoms with E-state index in [1.54, 1.807) is 0 Å². The normalized spacial score (nSPS) is 20.4. The Balaban J connectivity index is 1.52. The van der Waals surface area contributed by atoms with Gasteiger partial charge in [0.2, 0.25) is 5.71 Å². The summed E-state index contributed by atoms with van der Waals surface area (Å²) in [6.45, 7) is 4.52. The van der Waals surface area contributed by atoms with Crippen molar-refractivity contribution in [2.24, 2.45) is 0 Å². The number of nitrogens with zero attached hydrogens (tertiary/aromatic N) is 2. The first-order chi connectivity index (χ1) is 12.1. The quantitative estimate of drug-likeness (QED) is 0.757. The maximum Gasteiger partial charge on any atom is 0.231 e. The third-order valence-corrected chi connectivity index (χ3v) is 5.37. The molecule has 5 nitrogen and oxygen atoms in total. The van der Waals surface area contributed by atoms with Crippen LogP contribution >= 0.6 is 0 Å². The van der Waals surface area contributed by atoms with Crippen LogP contribution in [0.2, 0.25) is 0 Å². The van der Waals surface area contributed by atoms with Crippen LogP contribution in [0.3, 0.4) is 0 Å². The number of furan rings is 1. The standard InChI is InChI=1S/C20H24N4O/c1-12-13(2)25-20-18(12)19(21)23-17(24-20)11-22-16-10-6-9-15(16)14-7-4-3-5-8-14/h3-5,7-8,15-16,22H,6,9-11H2,1-2H3,(H2,21,23,24)/t15-,16+/m0/s1. The smallest absolute Gasteiger partial charge is 0.231 e. The molecule has 0 unspecified atom stereocenters. The van der Waals surface area contributed by atoms with Gasteiger partial charge < -0.3 is 15.5 Å². The number of nitrogens with one attached hydrogen (secondary N) is 1. The molecule has 5 heteroatoms. The Hall–Kier alpha value is -2.40. The average Bonchev–Trinajstić information content (AvgIpc) is 3.19. The molecule has 1 aliphatic rings. The summed E-state index contributed by atoms with van der Waals surface area (Å²) >= 11 is 0. The van der Waals surface area contributed by atoms with Crippen molar-refractivity contribution in [3.63, 3.8) is 0 Å². The highest BCUT2D eigenvalue weighted by Gasteiger charge is 2.28. The van der Waals surface area contributed by atoms with Gasteiger partial charge in [0.15, 0.2) is 0 Å². The number of rotatable bonds is 4.